The van der Waals surface area contributed by atoms with Gasteiger partial charge in [0.15, 0.2) is 0 Å². The summed E-state index contributed by atoms with van der Waals surface area (Å²) in [6, 6.07) is 17.6. The van der Waals surface area contributed by atoms with Crippen molar-refractivity contribution in [3.05, 3.63) is 65.2 Å². The van der Waals surface area contributed by atoms with Crippen molar-refractivity contribution in [1.82, 2.24) is 10.2 Å². The van der Waals surface area contributed by atoms with Crippen molar-refractivity contribution in [3.8, 4) is 0 Å². The van der Waals surface area contributed by atoms with E-state index in [2.05, 4.69) is 77.7 Å². The number of hydrogen-bond donors (Lipinski definition) is 1. The van der Waals surface area contributed by atoms with Crippen LogP contribution in [0.25, 0.3) is 0 Å². The number of carbonyl (C=O) groups is 1. The Kier molecular flexibility index (Phi) is 5.94. The number of carbonyl (C=O) groups excluding carboxylic acids is 1. The molecule has 138 valence electrons. The third kappa shape index (κ3) is 4.25. The van der Waals surface area contributed by atoms with Crippen molar-refractivity contribution < 1.29 is 4.79 Å². The van der Waals surface area contributed by atoms with Crippen LogP contribution >= 0.6 is 0 Å². The maximum atomic E-state index is 11.8. The molecule has 2 aromatic rings. The molecule has 0 fully saturated rings. The summed E-state index contributed by atoms with van der Waals surface area (Å²) in [6.45, 7) is 4.49. The molecule has 4 heteroatoms. The molecule has 1 aliphatic heterocycles. The molecule has 3 rings (SSSR count). The molecule has 0 bridgehead atoms. The van der Waals surface area contributed by atoms with Gasteiger partial charge in [-0.25, -0.2) is 0 Å². The van der Waals surface area contributed by atoms with Gasteiger partial charge in [-0.15, -0.1) is 0 Å². The highest BCUT2D eigenvalue weighted by molar-refractivity contribution is 5.75. The van der Waals surface area contributed by atoms with Crippen molar-refractivity contribution in [2.75, 3.05) is 32.1 Å². The maximum absolute atomic E-state index is 11.8. The first-order valence-corrected chi connectivity index (χ1v) is 9.43. The minimum Gasteiger partial charge on any atom is -0.378 e. The van der Waals surface area contributed by atoms with Crippen LogP contribution < -0.4 is 10.2 Å². The second-order valence-corrected chi connectivity index (χ2v) is 7.15. The molecule has 0 spiro atoms. The fourth-order valence-electron chi connectivity index (χ4n) is 3.57. The molecule has 0 aliphatic carbocycles. The number of benzene rings is 2. The Hall–Kier alpha value is -2.33. The van der Waals surface area contributed by atoms with E-state index in [-0.39, 0.29) is 11.9 Å². The van der Waals surface area contributed by atoms with Crippen LogP contribution in [0.3, 0.4) is 0 Å². The molecule has 0 aromatic heterocycles. The lowest BCUT2D eigenvalue weighted by Crippen LogP contribution is -2.40. The summed E-state index contributed by atoms with van der Waals surface area (Å²) in [5, 5.41) is 3.10. The second-order valence-electron chi connectivity index (χ2n) is 7.15. The van der Waals surface area contributed by atoms with Crippen molar-refractivity contribution in [3.63, 3.8) is 0 Å². The third-order valence-electron chi connectivity index (χ3n) is 5.21. The lowest BCUT2D eigenvalue weighted by molar-refractivity contribution is -0.121. The van der Waals surface area contributed by atoms with Crippen molar-refractivity contribution >= 4 is 11.6 Å². The van der Waals surface area contributed by atoms with Crippen molar-refractivity contribution in [2.45, 2.75) is 32.4 Å². The Morgan fingerprint density at radius 3 is 2.46 bits per heavy atom. The van der Waals surface area contributed by atoms with Crippen LogP contribution in [0.15, 0.2) is 48.5 Å². The van der Waals surface area contributed by atoms with Crippen LogP contribution in [0, 0.1) is 0 Å². The van der Waals surface area contributed by atoms with Gasteiger partial charge in [0.2, 0.25) is 5.91 Å². The second kappa shape index (κ2) is 8.37. The van der Waals surface area contributed by atoms with Gasteiger partial charge in [0, 0.05) is 45.8 Å². The Bertz CT molecular complexity index is 739. The lowest BCUT2D eigenvalue weighted by atomic mass is 9.96. The van der Waals surface area contributed by atoms with Crippen LogP contribution in [0.4, 0.5) is 5.69 Å². The minimum atomic E-state index is 0.109. The molecular formula is C22H29N3O. The summed E-state index contributed by atoms with van der Waals surface area (Å²) in [4.78, 5) is 16.4. The molecule has 26 heavy (non-hydrogen) atoms. The maximum Gasteiger partial charge on any atom is 0.219 e. The summed E-state index contributed by atoms with van der Waals surface area (Å²) < 4.78 is 0. The molecule has 0 radical (unpaired) electrons. The number of amides is 1. The molecule has 0 unspecified atom stereocenters. The van der Waals surface area contributed by atoms with Crippen molar-refractivity contribution in [1.29, 1.82) is 0 Å². The minimum absolute atomic E-state index is 0.109. The first-order valence-electron chi connectivity index (χ1n) is 9.43. The van der Waals surface area contributed by atoms with E-state index in [9.17, 15) is 4.79 Å². The fourth-order valence-corrected chi connectivity index (χ4v) is 3.57. The molecular weight excluding hydrogens is 322 g/mol. The topological polar surface area (TPSA) is 35.6 Å². The van der Waals surface area contributed by atoms with Gasteiger partial charge in [0.05, 0.1) is 6.04 Å². The van der Waals surface area contributed by atoms with Gasteiger partial charge in [0.1, 0.15) is 0 Å². The quantitative estimate of drug-likeness (QED) is 0.867. The SMILES string of the molecule is CCC(=O)NC[C@H](c1ccc(N(C)C)cc1)N1CCc2ccccc2C1. The van der Waals surface area contributed by atoms with Gasteiger partial charge in [0.25, 0.3) is 0 Å². The first-order chi connectivity index (χ1) is 12.6. The van der Waals surface area contributed by atoms with E-state index >= 15 is 0 Å². The smallest absolute Gasteiger partial charge is 0.219 e. The number of nitrogens with zero attached hydrogens (tertiary/aromatic N) is 2. The molecule has 0 saturated carbocycles. The monoisotopic (exact) mass is 351 g/mol. The predicted molar refractivity (Wildman–Crippen MR) is 107 cm³/mol. The molecule has 1 heterocycles. The van der Waals surface area contributed by atoms with E-state index in [1.54, 1.807) is 0 Å². The number of hydrogen-bond acceptors (Lipinski definition) is 3. The summed E-state index contributed by atoms with van der Waals surface area (Å²) in [5.41, 5.74) is 5.29. The van der Waals surface area contributed by atoms with Crippen LogP contribution in [0.5, 0.6) is 0 Å². The molecule has 0 saturated heterocycles. The van der Waals surface area contributed by atoms with E-state index in [1.165, 1.54) is 22.4 Å². The molecule has 1 N–H and O–H groups in total. The Labute approximate surface area is 156 Å². The summed E-state index contributed by atoms with van der Waals surface area (Å²) in [6.07, 6.45) is 1.58. The molecule has 4 nitrogen and oxygen atoms in total. The zero-order chi connectivity index (χ0) is 18.5. The van der Waals surface area contributed by atoms with Gasteiger partial charge in [-0.05, 0) is 35.2 Å². The van der Waals surface area contributed by atoms with Gasteiger partial charge in [-0.3, -0.25) is 9.69 Å². The van der Waals surface area contributed by atoms with E-state index in [1.807, 2.05) is 6.92 Å². The summed E-state index contributed by atoms with van der Waals surface area (Å²) >= 11 is 0. The Balaban J connectivity index is 1.82. The van der Waals surface area contributed by atoms with Crippen LogP contribution in [0.2, 0.25) is 0 Å². The highest BCUT2D eigenvalue weighted by Crippen LogP contribution is 2.28. The molecule has 1 amide bonds. The fraction of sp³-hybridized carbons (Fsp3) is 0.409. The molecule has 1 aliphatic rings. The van der Waals surface area contributed by atoms with E-state index in [0.717, 1.165) is 19.5 Å². The van der Waals surface area contributed by atoms with Crippen LogP contribution in [0.1, 0.15) is 36.1 Å². The van der Waals surface area contributed by atoms with E-state index in [0.29, 0.717) is 13.0 Å². The average molecular weight is 351 g/mol. The highest BCUT2D eigenvalue weighted by Gasteiger charge is 2.25. The number of anilines is 1. The van der Waals surface area contributed by atoms with Crippen LogP contribution in [-0.4, -0.2) is 38.0 Å². The standard InChI is InChI=1S/C22H29N3O/c1-4-22(26)23-15-21(18-9-11-20(12-10-18)24(2)3)25-14-13-17-7-5-6-8-19(17)16-25/h5-12,21H,4,13-16H2,1-3H3,(H,23,26)/t21-/m1/s1. The Morgan fingerprint density at radius 1 is 1.12 bits per heavy atom. The van der Waals surface area contributed by atoms with Gasteiger partial charge in [-0.1, -0.05) is 43.3 Å². The first kappa shape index (κ1) is 18.5. The zero-order valence-electron chi connectivity index (χ0n) is 16.0. The zero-order valence-corrected chi connectivity index (χ0v) is 16.0. The number of fused-ring (bicyclic) bond motifs is 1. The molecule has 2 aromatic carbocycles. The lowest BCUT2D eigenvalue weighted by Gasteiger charge is -2.36. The number of rotatable bonds is 6. The molecule has 1 atom stereocenters. The van der Waals surface area contributed by atoms with Crippen LogP contribution in [-0.2, 0) is 17.8 Å². The third-order valence-corrected chi connectivity index (χ3v) is 5.21. The highest BCUT2D eigenvalue weighted by atomic mass is 16.1. The Morgan fingerprint density at radius 2 is 1.81 bits per heavy atom. The summed E-state index contributed by atoms with van der Waals surface area (Å²) in [7, 11) is 4.10. The van der Waals surface area contributed by atoms with E-state index in [4.69, 9.17) is 0 Å². The number of nitrogens with one attached hydrogen (secondary N) is 1. The normalized spacial score (nSPS) is 15.2. The largest absolute Gasteiger partial charge is 0.378 e. The van der Waals surface area contributed by atoms with Gasteiger partial charge >= 0.3 is 0 Å². The summed E-state index contributed by atoms with van der Waals surface area (Å²) in [5.74, 6) is 0.109. The van der Waals surface area contributed by atoms with E-state index < -0.39 is 0 Å². The van der Waals surface area contributed by atoms with Gasteiger partial charge < -0.3 is 10.2 Å². The average Bonchev–Trinajstić information content (AvgIpc) is 2.68. The van der Waals surface area contributed by atoms with Crippen molar-refractivity contribution in [2.24, 2.45) is 0 Å². The predicted octanol–water partition coefficient (Wildman–Crippen LogP) is 3.38. The van der Waals surface area contributed by atoms with Gasteiger partial charge in [-0.2, -0.15) is 0 Å².